The van der Waals surface area contributed by atoms with Crippen LogP contribution < -0.4 is 5.32 Å². The molecule has 1 aliphatic rings. The molecule has 1 fully saturated rings. The van der Waals surface area contributed by atoms with E-state index in [1.807, 2.05) is 6.92 Å². The normalized spacial score (nSPS) is 19.4. The van der Waals surface area contributed by atoms with Gasteiger partial charge in [-0.2, -0.15) is 0 Å². The van der Waals surface area contributed by atoms with E-state index in [4.69, 9.17) is 9.84 Å². The number of ether oxygens (including phenoxy) is 1. The number of carbonyl (C=O) groups is 2. The summed E-state index contributed by atoms with van der Waals surface area (Å²) in [5, 5.41) is 14.1. The van der Waals surface area contributed by atoms with Crippen molar-refractivity contribution in [2.45, 2.75) is 51.2 Å². The van der Waals surface area contributed by atoms with E-state index < -0.39 is 17.9 Å². The second-order valence-corrected chi connectivity index (χ2v) is 5.97. The Balaban J connectivity index is 1.96. The maximum Gasteiger partial charge on any atom is 0.326 e. The summed E-state index contributed by atoms with van der Waals surface area (Å²) < 4.78 is 5.53. The van der Waals surface area contributed by atoms with Crippen LogP contribution in [0, 0.1) is 0 Å². The van der Waals surface area contributed by atoms with Crippen molar-refractivity contribution in [1.82, 2.24) is 10.3 Å². The van der Waals surface area contributed by atoms with Crippen molar-refractivity contribution in [3.8, 4) is 0 Å². The largest absolute Gasteiger partial charge is 0.480 e. The molecular weight excluding hydrogens is 292 g/mol. The molecule has 0 spiro atoms. The summed E-state index contributed by atoms with van der Waals surface area (Å²) >= 11 is 1.38. The molecule has 1 aromatic rings. The maximum absolute atomic E-state index is 12.1. The van der Waals surface area contributed by atoms with Crippen LogP contribution in [0.2, 0.25) is 0 Å². The summed E-state index contributed by atoms with van der Waals surface area (Å²) in [6.07, 6.45) is 3.98. The van der Waals surface area contributed by atoms with Crippen LogP contribution >= 0.6 is 11.3 Å². The third-order valence-electron chi connectivity index (χ3n) is 3.41. The molecule has 2 N–H and O–H groups in total. The number of carboxylic acid groups (broad SMARTS) is 1. The number of amides is 1. The Morgan fingerprint density at radius 2 is 2.43 bits per heavy atom. The first-order valence-corrected chi connectivity index (χ1v) is 8.10. The van der Waals surface area contributed by atoms with Gasteiger partial charge in [0.2, 0.25) is 0 Å². The number of carbonyl (C=O) groups excluding carboxylic acids is 1. The first kappa shape index (κ1) is 15.9. The monoisotopic (exact) mass is 312 g/mol. The fourth-order valence-electron chi connectivity index (χ4n) is 2.21. The SMILES string of the molecule is CCCC[C@H](NC(=O)c1csc(C2CCCO2)n1)C(=O)O. The number of aliphatic carboxylic acids is 1. The van der Waals surface area contributed by atoms with E-state index in [0.29, 0.717) is 6.42 Å². The Hall–Kier alpha value is -1.47. The van der Waals surface area contributed by atoms with Crippen LogP contribution in [0.3, 0.4) is 0 Å². The molecule has 0 aromatic carbocycles. The average Bonchev–Trinajstić information content (AvgIpc) is 3.12. The van der Waals surface area contributed by atoms with Crippen LogP contribution in [0.1, 0.15) is 60.6 Å². The standard InChI is InChI=1S/C14H20N2O4S/c1-2-3-5-9(14(18)19)15-12(17)10-8-21-13(16-10)11-6-4-7-20-11/h8-9,11H,2-7H2,1H3,(H,15,17)(H,18,19)/t9-,11?/m0/s1. The number of hydrogen-bond donors (Lipinski definition) is 2. The lowest BCUT2D eigenvalue weighted by atomic mass is 10.1. The van der Waals surface area contributed by atoms with Crippen molar-refractivity contribution >= 4 is 23.2 Å². The molecule has 2 atom stereocenters. The lowest BCUT2D eigenvalue weighted by Crippen LogP contribution is -2.40. The van der Waals surface area contributed by atoms with E-state index in [9.17, 15) is 9.59 Å². The Morgan fingerprint density at radius 1 is 1.62 bits per heavy atom. The molecule has 1 unspecified atom stereocenters. The maximum atomic E-state index is 12.1. The van der Waals surface area contributed by atoms with Gasteiger partial charge in [0.25, 0.3) is 5.91 Å². The van der Waals surface area contributed by atoms with Gasteiger partial charge in [0.05, 0.1) is 0 Å². The number of nitrogens with zero attached hydrogens (tertiary/aromatic N) is 1. The summed E-state index contributed by atoms with van der Waals surface area (Å²) in [6, 6.07) is -0.856. The number of carboxylic acids is 1. The zero-order chi connectivity index (χ0) is 15.2. The number of nitrogens with one attached hydrogen (secondary N) is 1. The summed E-state index contributed by atoms with van der Waals surface area (Å²) in [6.45, 7) is 2.71. The zero-order valence-electron chi connectivity index (χ0n) is 12.0. The van der Waals surface area contributed by atoms with Crippen molar-refractivity contribution in [3.63, 3.8) is 0 Å². The fourth-order valence-corrected chi connectivity index (χ4v) is 3.09. The highest BCUT2D eigenvalue weighted by Gasteiger charge is 2.24. The molecule has 7 heteroatoms. The van der Waals surface area contributed by atoms with Gasteiger partial charge in [0, 0.05) is 12.0 Å². The molecule has 21 heavy (non-hydrogen) atoms. The van der Waals surface area contributed by atoms with Crippen molar-refractivity contribution in [1.29, 1.82) is 0 Å². The van der Waals surface area contributed by atoms with Crippen LogP contribution in [0.5, 0.6) is 0 Å². The van der Waals surface area contributed by atoms with Gasteiger partial charge in [0.1, 0.15) is 22.8 Å². The van der Waals surface area contributed by atoms with Gasteiger partial charge >= 0.3 is 5.97 Å². The molecule has 2 rings (SSSR count). The number of aromatic nitrogens is 1. The molecule has 1 amide bonds. The van der Waals surface area contributed by atoms with E-state index in [1.54, 1.807) is 5.38 Å². The molecular formula is C14H20N2O4S. The number of thiazole rings is 1. The number of hydrogen-bond acceptors (Lipinski definition) is 5. The lowest BCUT2D eigenvalue weighted by Gasteiger charge is -2.13. The molecule has 1 saturated heterocycles. The highest BCUT2D eigenvalue weighted by molar-refractivity contribution is 7.09. The van der Waals surface area contributed by atoms with Gasteiger partial charge in [-0.25, -0.2) is 9.78 Å². The molecule has 1 aromatic heterocycles. The van der Waals surface area contributed by atoms with E-state index in [-0.39, 0.29) is 11.8 Å². The molecule has 0 saturated carbocycles. The van der Waals surface area contributed by atoms with Crippen LogP contribution in [-0.4, -0.2) is 34.6 Å². The second-order valence-electron chi connectivity index (χ2n) is 5.08. The molecule has 6 nitrogen and oxygen atoms in total. The molecule has 0 radical (unpaired) electrons. The smallest absolute Gasteiger partial charge is 0.326 e. The Labute approximate surface area is 127 Å². The third-order valence-corrected chi connectivity index (χ3v) is 4.35. The number of unbranched alkanes of at least 4 members (excludes halogenated alkanes) is 1. The first-order chi connectivity index (χ1) is 10.1. The molecule has 0 bridgehead atoms. The van der Waals surface area contributed by atoms with Crippen molar-refractivity contribution in [2.24, 2.45) is 0 Å². The molecule has 2 heterocycles. The van der Waals surface area contributed by atoms with Gasteiger partial charge in [-0.3, -0.25) is 4.79 Å². The molecule has 1 aliphatic heterocycles. The summed E-state index contributed by atoms with van der Waals surface area (Å²) in [7, 11) is 0. The van der Waals surface area contributed by atoms with Gasteiger partial charge in [-0.05, 0) is 19.3 Å². The first-order valence-electron chi connectivity index (χ1n) is 7.22. The average molecular weight is 312 g/mol. The van der Waals surface area contributed by atoms with Crippen molar-refractivity contribution in [2.75, 3.05) is 6.61 Å². The highest BCUT2D eigenvalue weighted by Crippen LogP contribution is 2.30. The van der Waals surface area contributed by atoms with Crippen LogP contribution in [0.4, 0.5) is 0 Å². The summed E-state index contributed by atoms with van der Waals surface area (Å²) in [4.78, 5) is 27.5. The van der Waals surface area contributed by atoms with Gasteiger partial charge < -0.3 is 15.2 Å². The van der Waals surface area contributed by atoms with Gasteiger partial charge in [-0.1, -0.05) is 19.8 Å². The molecule has 116 valence electrons. The molecule has 0 aliphatic carbocycles. The minimum absolute atomic E-state index is 0.0214. The predicted molar refractivity (Wildman–Crippen MR) is 78.5 cm³/mol. The predicted octanol–water partition coefficient (Wildman–Crippen LogP) is 2.37. The van der Waals surface area contributed by atoms with Crippen molar-refractivity contribution in [3.05, 3.63) is 16.1 Å². The highest BCUT2D eigenvalue weighted by atomic mass is 32.1. The third kappa shape index (κ3) is 4.25. The zero-order valence-corrected chi connectivity index (χ0v) is 12.8. The van der Waals surface area contributed by atoms with Gasteiger partial charge in [0.15, 0.2) is 0 Å². The summed E-state index contributed by atoms with van der Waals surface area (Å²) in [5.41, 5.74) is 0.272. The topological polar surface area (TPSA) is 88.5 Å². The van der Waals surface area contributed by atoms with E-state index in [0.717, 1.165) is 37.3 Å². The lowest BCUT2D eigenvalue weighted by molar-refractivity contribution is -0.139. The van der Waals surface area contributed by atoms with Crippen LogP contribution in [0.15, 0.2) is 5.38 Å². The Morgan fingerprint density at radius 3 is 3.05 bits per heavy atom. The Bertz CT molecular complexity index is 497. The van der Waals surface area contributed by atoms with Crippen LogP contribution in [0.25, 0.3) is 0 Å². The Kier molecular flexibility index (Phi) is 5.69. The minimum Gasteiger partial charge on any atom is -0.480 e. The second kappa shape index (κ2) is 7.51. The van der Waals surface area contributed by atoms with Crippen LogP contribution in [-0.2, 0) is 9.53 Å². The van der Waals surface area contributed by atoms with E-state index in [2.05, 4.69) is 10.3 Å². The quantitative estimate of drug-likeness (QED) is 0.807. The van der Waals surface area contributed by atoms with Gasteiger partial charge in [-0.15, -0.1) is 11.3 Å². The van der Waals surface area contributed by atoms with Crippen molar-refractivity contribution < 1.29 is 19.4 Å². The van der Waals surface area contributed by atoms with E-state index in [1.165, 1.54) is 11.3 Å². The summed E-state index contributed by atoms with van der Waals surface area (Å²) in [5.74, 6) is -1.44. The minimum atomic E-state index is -1.01. The van der Waals surface area contributed by atoms with E-state index >= 15 is 0 Å². The number of rotatable bonds is 7. The fraction of sp³-hybridized carbons (Fsp3) is 0.643.